The van der Waals surface area contributed by atoms with Crippen LogP contribution in [-0.4, -0.2) is 12.1 Å². The first-order valence-electron chi connectivity index (χ1n) is 4.19. The maximum Gasteiger partial charge on any atom is 0.128 e. The first-order chi connectivity index (χ1) is 5.70. The Morgan fingerprint density at radius 2 is 2.08 bits per heavy atom. The molecule has 1 aromatic rings. The largest absolute Gasteiger partial charge is 0.496 e. The molecule has 1 heterocycles. The molecule has 66 valence electrons. The van der Waals surface area contributed by atoms with Gasteiger partial charge in [-0.3, -0.25) is 4.98 Å². The molecule has 0 saturated carbocycles. The number of nitrogens with zero attached hydrogens (tertiary/aromatic N) is 1. The lowest BCUT2D eigenvalue weighted by Crippen LogP contribution is -1.97. The van der Waals surface area contributed by atoms with E-state index in [4.69, 9.17) is 4.74 Å². The highest BCUT2D eigenvalue weighted by molar-refractivity contribution is 5.41. The van der Waals surface area contributed by atoms with Crippen LogP contribution in [0, 0.1) is 13.8 Å². The minimum Gasteiger partial charge on any atom is -0.496 e. The third kappa shape index (κ3) is 1.42. The second kappa shape index (κ2) is 3.57. The van der Waals surface area contributed by atoms with Gasteiger partial charge in [-0.2, -0.15) is 0 Å². The number of rotatable bonds is 2. The van der Waals surface area contributed by atoms with Crippen molar-refractivity contribution in [1.29, 1.82) is 0 Å². The molecule has 2 heteroatoms. The fourth-order valence-corrected chi connectivity index (χ4v) is 1.27. The zero-order valence-corrected chi connectivity index (χ0v) is 8.14. The van der Waals surface area contributed by atoms with Crippen LogP contribution in [-0.2, 0) is 6.42 Å². The fourth-order valence-electron chi connectivity index (χ4n) is 1.27. The maximum atomic E-state index is 5.31. The number of aromatic nitrogens is 1. The van der Waals surface area contributed by atoms with Gasteiger partial charge in [-0.05, 0) is 20.3 Å². The van der Waals surface area contributed by atoms with Crippen molar-refractivity contribution in [1.82, 2.24) is 4.98 Å². The third-order valence-corrected chi connectivity index (χ3v) is 2.17. The summed E-state index contributed by atoms with van der Waals surface area (Å²) in [5, 5.41) is 0. The number of pyridine rings is 1. The van der Waals surface area contributed by atoms with Gasteiger partial charge in [-0.15, -0.1) is 0 Å². The van der Waals surface area contributed by atoms with Gasteiger partial charge in [0.05, 0.1) is 7.11 Å². The van der Waals surface area contributed by atoms with Crippen LogP contribution < -0.4 is 4.74 Å². The monoisotopic (exact) mass is 165 g/mol. The molecule has 0 N–H and O–H groups in total. The molecule has 0 bridgehead atoms. The summed E-state index contributed by atoms with van der Waals surface area (Å²) in [6, 6.07) is 0. The summed E-state index contributed by atoms with van der Waals surface area (Å²) in [5.41, 5.74) is 3.38. The van der Waals surface area contributed by atoms with Gasteiger partial charge in [0, 0.05) is 23.0 Å². The van der Waals surface area contributed by atoms with Gasteiger partial charge in [0.15, 0.2) is 0 Å². The van der Waals surface area contributed by atoms with E-state index in [1.807, 2.05) is 20.0 Å². The van der Waals surface area contributed by atoms with E-state index in [2.05, 4.69) is 11.9 Å². The smallest absolute Gasteiger partial charge is 0.128 e. The molecule has 12 heavy (non-hydrogen) atoms. The minimum absolute atomic E-state index is 0.970. The van der Waals surface area contributed by atoms with Gasteiger partial charge in [0.25, 0.3) is 0 Å². The predicted octanol–water partition coefficient (Wildman–Crippen LogP) is 2.27. The van der Waals surface area contributed by atoms with Crippen LogP contribution in [0.25, 0.3) is 0 Å². The second-order valence-corrected chi connectivity index (χ2v) is 2.88. The zero-order valence-electron chi connectivity index (χ0n) is 8.14. The predicted molar refractivity (Wildman–Crippen MR) is 49.6 cm³/mol. The lowest BCUT2D eigenvalue weighted by atomic mass is 10.1. The summed E-state index contributed by atoms with van der Waals surface area (Å²) in [6.45, 7) is 6.14. The van der Waals surface area contributed by atoms with E-state index in [1.54, 1.807) is 7.11 Å². The molecule has 1 aromatic heterocycles. The molecular weight excluding hydrogens is 150 g/mol. The molecule has 0 radical (unpaired) electrons. The normalized spacial score (nSPS) is 10.0. The number of aryl methyl sites for hydroxylation is 2. The van der Waals surface area contributed by atoms with Crippen molar-refractivity contribution in [3.05, 3.63) is 23.0 Å². The topological polar surface area (TPSA) is 22.1 Å². The molecular formula is C10H15NO. The standard InChI is InChI=1S/C10H15NO/c1-5-9-6-11-8(3)7(2)10(9)12-4/h6H,5H2,1-4H3. The van der Waals surface area contributed by atoms with E-state index in [-0.39, 0.29) is 0 Å². The van der Waals surface area contributed by atoms with Gasteiger partial charge in [0.2, 0.25) is 0 Å². The van der Waals surface area contributed by atoms with Gasteiger partial charge >= 0.3 is 0 Å². The van der Waals surface area contributed by atoms with Crippen LogP contribution in [0.3, 0.4) is 0 Å². The number of hydrogen-bond acceptors (Lipinski definition) is 2. The van der Waals surface area contributed by atoms with E-state index in [1.165, 1.54) is 5.56 Å². The highest BCUT2D eigenvalue weighted by Crippen LogP contribution is 2.24. The highest BCUT2D eigenvalue weighted by Gasteiger charge is 2.06. The Kier molecular flexibility index (Phi) is 2.69. The lowest BCUT2D eigenvalue weighted by Gasteiger charge is -2.10. The highest BCUT2D eigenvalue weighted by atomic mass is 16.5. The molecule has 0 spiro atoms. The van der Waals surface area contributed by atoms with E-state index in [9.17, 15) is 0 Å². The summed E-state index contributed by atoms with van der Waals surface area (Å²) < 4.78 is 5.31. The molecule has 0 aromatic carbocycles. The summed E-state index contributed by atoms with van der Waals surface area (Å²) in [7, 11) is 1.71. The third-order valence-electron chi connectivity index (χ3n) is 2.17. The molecule has 0 aliphatic carbocycles. The molecule has 0 unspecified atom stereocenters. The van der Waals surface area contributed by atoms with Crippen LogP contribution in [0.5, 0.6) is 5.75 Å². The lowest BCUT2D eigenvalue weighted by molar-refractivity contribution is 0.405. The summed E-state index contributed by atoms with van der Waals surface area (Å²) in [6.07, 6.45) is 2.86. The van der Waals surface area contributed by atoms with E-state index >= 15 is 0 Å². The zero-order chi connectivity index (χ0) is 9.14. The second-order valence-electron chi connectivity index (χ2n) is 2.88. The van der Waals surface area contributed by atoms with Crippen LogP contribution in [0.2, 0.25) is 0 Å². The van der Waals surface area contributed by atoms with Crippen molar-refractivity contribution in [3.63, 3.8) is 0 Å². The van der Waals surface area contributed by atoms with Crippen molar-refractivity contribution in [3.8, 4) is 5.75 Å². The van der Waals surface area contributed by atoms with Gasteiger partial charge in [-0.25, -0.2) is 0 Å². The minimum atomic E-state index is 0.970. The Balaban J connectivity index is 3.25. The van der Waals surface area contributed by atoms with Crippen molar-refractivity contribution in [2.75, 3.05) is 7.11 Å². The first kappa shape index (κ1) is 9.04. The summed E-state index contributed by atoms with van der Waals surface area (Å²) in [4.78, 5) is 4.28. The summed E-state index contributed by atoms with van der Waals surface area (Å²) in [5.74, 6) is 0.991. The van der Waals surface area contributed by atoms with Gasteiger partial charge < -0.3 is 4.74 Å². The Morgan fingerprint density at radius 3 is 2.58 bits per heavy atom. The van der Waals surface area contributed by atoms with E-state index in [0.29, 0.717) is 0 Å². The number of methoxy groups -OCH3 is 1. The quantitative estimate of drug-likeness (QED) is 0.670. The molecule has 0 saturated heterocycles. The van der Waals surface area contributed by atoms with Crippen molar-refractivity contribution in [2.24, 2.45) is 0 Å². The van der Waals surface area contributed by atoms with Crippen molar-refractivity contribution >= 4 is 0 Å². The van der Waals surface area contributed by atoms with Gasteiger partial charge in [-0.1, -0.05) is 6.92 Å². The molecule has 0 atom stereocenters. The van der Waals surface area contributed by atoms with Crippen LogP contribution in [0.15, 0.2) is 6.20 Å². The molecule has 1 rings (SSSR count). The van der Waals surface area contributed by atoms with E-state index in [0.717, 1.165) is 23.4 Å². The van der Waals surface area contributed by atoms with Crippen molar-refractivity contribution in [2.45, 2.75) is 27.2 Å². The number of hydrogen-bond donors (Lipinski definition) is 0. The number of ether oxygens (including phenoxy) is 1. The first-order valence-corrected chi connectivity index (χ1v) is 4.19. The fraction of sp³-hybridized carbons (Fsp3) is 0.500. The Labute approximate surface area is 73.6 Å². The Bertz CT molecular complexity index is 281. The molecule has 0 fully saturated rings. The van der Waals surface area contributed by atoms with E-state index < -0.39 is 0 Å². The molecule has 0 aliphatic rings. The van der Waals surface area contributed by atoms with Crippen LogP contribution in [0.4, 0.5) is 0 Å². The average molecular weight is 165 g/mol. The SMILES string of the molecule is CCc1cnc(C)c(C)c1OC. The van der Waals surface area contributed by atoms with Crippen LogP contribution >= 0.6 is 0 Å². The van der Waals surface area contributed by atoms with Crippen LogP contribution in [0.1, 0.15) is 23.7 Å². The van der Waals surface area contributed by atoms with Crippen molar-refractivity contribution < 1.29 is 4.74 Å². The molecule has 0 aliphatic heterocycles. The maximum absolute atomic E-state index is 5.31. The Morgan fingerprint density at radius 1 is 1.42 bits per heavy atom. The molecule has 2 nitrogen and oxygen atoms in total. The Hall–Kier alpha value is -1.05. The summed E-state index contributed by atoms with van der Waals surface area (Å²) >= 11 is 0. The van der Waals surface area contributed by atoms with Gasteiger partial charge in [0.1, 0.15) is 5.75 Å². The molecule has 0 amide bonds. The average Bonchev–Trinajstić information content (AvgIpc) is 2.09.